The lowest BCUT2D eigenvalue weighted by atomic mass is 10.2. The molecule has 0 atom stereocenters. The Kier molecular flexibility index (Phi) is 4.93. The van der Waals surface area contributed by atoms with E-state index in [1.54, 1.807) is 23.5 Å². The Bertz CT molecular complexity index is 376. The molecule has 4 heteroatoms. The summed E-state index contributed by atoms with van der Waals surface area (Å²) in [7, 11) is 0. The molecule has 0 radical (unpaired) electrons. The third kappa shape index (κ3) is 4.67. The molecule has 15 heavy (non-hydrogen) atoms. The van der Waals surface area contributed by atoms with Crippen LogP contribution >= 0.6 is 24.0 Å². The molecule has 0 bridgehead atoms. The number of thiophene rings is 1. The SMILES string of the molecule is O=C(O)c1ccc(S)cc1.c1ccsc1. The van der Waals surface area contributed by atoms with Crippen molar-refractivity contribution in [2.24, 2.45) is 0 Å². The molecule has 0 spiro atoms. The van der Waals surface area contributed by atoms with Gasteiger partial charge in [0.25, 0.3) is 0 Å². The van der Waals surface area contributed by atoms with Crippen molar-refractivity contribution in [2.75, 3.05) is 0 Å². The van der Waals surface area contributed by atoms with Gasteiger partial charge in [0, 0.05) is 4.90 Å². The smallest absolute Gasteiger partial charge is 0.335 e. The summed E-state index contributed by atoms with van der Waals surface area (Å²) in [6.45, 7) is 0. The lowest BCUT2D eigenvalue weighted by molar-refractivity contribution is 0.0697. The molecule has 0 amide bonds. The zero-order valence-electron chi connectivity index (χ0n) is 7.83. The predicted molar refractivity (Wildman–Crippen MR) is 65.0 cm³/mol. The van der Waals surface area contributed by atoms with Crippen molar-refractivity contribution in [3.63, 3.8) is 0 Å². The van der Waals surface area contributed by atoms with E-state index in [0.717, 1.165) is 4.90 Å². The summed E-state index contributed by atoms with van der Waals surface area (Å²) in [5.41, 5.74) is 0.290. The standard InChI is InChI=1S/C7H6O2S.C4H4S/c8-7(9)5-1-3-6(10)4-2-5;1-2-4-5-3-1/h1-4,10H,(H,8,9);1-4H. The predicted octanol–water partition coefficient (Wildman–Crippen LogP) is 3.42. The van der Waals surface area contributed by atoms with Crippen molar-refractivity contribution >= 4 is 29.9 Å². The molecular formula is C11H10O2S2. The number of rotatable bonds is 1. The number of carboxylic acids is 1. The first-order valence-electron chi connectivity index (χ1n) is 4.19. The van der Waals surface area contributed by atoms with Crippen LogP contribution < -0.4 is 0 Å². The highest BCUT2D eigenvalue weighted by Gasteiger charge is 1.98. The highest BCUT2D eigenvalue weighted by atomic mass is 32.1. The van der Waals surface area contributed by atoms with E-state index in [0.29, 0.717) is 0 Å². The van der Waals surface area contributed by atoms with Crippen LogP contribution in [0.4, 0.5) is 0 Å². The maximum absolute atomic E-state index is 10.3. The van der Waals surface area contributed by atoms with Gasteiger partial charge in [-0.3, -0.25) is 0 Å². The van der Waals surface area contributed by atoms with Crippen molar-refractivity contribution in [2.45, 2.75) is 4.90 Å². The minimum atomic E-state index is -0.909. The van der Waals surface area contributed by atoms with Gasteiger partial charge >= 0.3 is 5.97 Å². The van der Waals surface area contributed by atoms with Crippen molar-refractivity contribution in [1.29, 1.82) is 0 Å². The Morgan fingerprint density at radius 3 is 2.00 bits per heavy atom. The van der Waals surface area contributed by atoms with E-state index in [1.807, 2.05) is 22.9 Å². The molecule has 0 unspecified atom stereocenters. The molecule has 1 aromatic heterocycles. The fourth-order valence-corrected chi connectivity index (χ4v) is 1.43. The molecule has 1 N–H and O–H groups in total. The Labute approximate surface area is 97.6 Å². The number of hydrogen-bond donors (Lipinski definition) is 2. The second kappa shape index (κ2) is 6.27. The molecular weight excluding hydrogens is 228 g/mol. The van der Waals surface area contributed by atoms with Gasteiger partial charge in [-0.15, -0.1) is 12.6 Å². The molecule has 1 aromatic carbocycles. The Hall–Kier alpha value is -1.26. The molecule has 0 aliphatic heterocycles. The minimum absolute atomic E-state index is 0.290. The molecule has 2 nitrogen and oxygen atoms in total. The highest BCUT2D eigenvalue weighted by Crippen LogP contribution is 2.06. The van der Waals surface area contributed by atoms with Gasteiger partial charge in [0.15, 0.2) is 0 Å². The first kappa shape index (κ1) is 11.8. The number of carbonyl (C=O) groups is 1. The monoisotopic (exact) mass is 238 g/mol. The van der Waals surface area contributed by atoms with Gasteiger partial charge in [-0.1, -0.05) is 12.1 Å². The van der Waals surface area contributed by atoms with Crippen LogP contribution in [0.1, 0.15) is 10.4 Å². The van der Waals surface area contributed by atoms with Gasteiger partial charge in [0.05, 0.1) is 5.56 Å². The molecule has 2 rings (SSSR count). The lowest BCUT2D eigenvalue weighted by Crippen LogP contribution is -1.94. The van der Waals surface area contributed by atoms with Gasteiger partial charge in [0.2, 0.25) is 0 Å². The van der Waals surface area contributed by atoms with Crippen LogP contribution in [0, 0.1) is 0 Å². The lowest BCUT2D eigenvalue weighted by Gasteiger charge is -1.92. The van der Waals surface area contributed by atoms with Crippen LogP contribution in [0.3, 0.4) is 0 Å². The number of aromatic carboxylic acids is 1. The average Bonchev–Trinajstić information content (AvgIpc) is 2.76. The first-order valence-corrected chi connectivity index (χ1v) is 5.58. The largest absolute Gasteiger partial charge is 0.478 e. The zero-order valence-corrected chi connectivity index (χ0v) is 9.54. The molecule has 1 heterocycles. The number of thiol groups is 1. The second-order valence-corrected chi connectivity index (χ2v) is 3.98. The summed E-state index contributed by atoms with van der Waals surface area (Å²) in [4.78, 5) is 11.1. The van der Waals surface area contributed by atoms with E-state index in [9.17, 15) is 4.79 Å². The van der Waals surface area contributed by atoms with E-state index in [-0.39, 0.29) is 5.56 Å². The summed E-state index contributed by atoms with van der Waals surface area (Å²) < 4.78 is 0. The Balaban J connectivity index is 0.000000187. The van der Waals surface area contributed by atoms with E-state index < -0.39 is 5.97 Å². The Morgan fingerprint density at radius 2 is 1.67 bits per heavy atom. The number of benzene rings is 1. The van der Waals surface area contributed by atoms with Crippen LogP contribution in [0.25, 0.3) is 0 Å². The van der Waals surface area contributed by atoms with Crippen LogP contribution in [0.5, 0.6) is 0 Å². The topological polar surface area (TPSA) is 37.3 Å². The summed E-state index contributed by atoms with van der Waals surface area (Å²) in [6, 6.07) is 10.4. The number of hydrogen-bond acceptors (Lipinski definition) is 3. The van der Waals surface area contributed by atoms with Gasteiger partial charge in [-0.05, 0) is 35.0 Å². The Morgan fingerprint density at radius 1 is 1.13 bits per heavy atom. The fraction of sp³-hybridized carbons (Fsp3) is 0. The van der Waals surface area contributed by atoms with Gasteiger partial charge in [-0.25, -0.2) is 4.79 Å². The maximum atomic E-state index is 10.3. The van der Waals surface area contributed by atoms with Gasteiger partial charge < -0.3 is 5.11 Å². The quantitative estimate of drug-likeness (QED) is 0.747. The third-order valence-corrected chi connectivity index (χ3v) is 2.47. The van der Waals surface area contributed by atoms with Crippen LogP contribution in [-0.4, -0.2) is 11.1 Å². The molecule has 78 valence electrons. The molecule has 2 aromatic rings. The fourth-order valence-electron chi connectivity index (χ4n) is 0.831. The zero-order chi connectivity index (χ0) is 11.1. The third-order valence-electron chi connectivity index (χ3n) is 1.54. The molecule has 0 saturated carbocycles. The van der Waals surface area contributed by atoms with Crippen LogP contribution in [-0.2, 0) is 0 Å². The molecule has 0 aliphatic carbocycles. The van der Waals surface area contributed by atoms with Gasteiger partial charge in [-0.2, -0.15) is 11.3 Å². The minimum Gasteiger partial charge on any atom is -0.478 e. The first-order chi connectivity index (χ1) is 7.20. The van der Waals surface area contributed by atoms with Crippen LogP contribution in [0.2, 0.25) is 0 Å². The summed E-state index contributed by atoms with van der Waals surface area (Å²) >= 11 is 5.72. The summed E-state index contributed by atoms with van der Waals surface area (Å²) in [6.07, 6.45) is 0. The molecule has 0 aliphatic rings. The molecule has 0 fully saturated rings. The van der Waals surface area contributed by atoms with E-state index >= 15 is 0 Å². The van der Waals surface area contributed by atoms with Gasteiger partial charge in [0.1, 0.15) is 0 Å². The van der Waals surface area contributed by atoms with Crippen molar-refractivity contribution < 1.29 is 9.90 Å². The summed E-state index contributed by atoms with van der Waals surface area (Å²) in [5, 5.41) is 12.5. The number of carboxylic acid groups (broad SMARTS) is 1. The second-order valence-electron chi connectivity index (χ2n) is 2.65. The van der Waals surface area contributed by atoms with Crippen molar-refractivity contribution in [3.8, 4) is 0 Å². The van der Waals surface area contributed by atoms with Crippen molar-refractivity contribution in [3.05, 3.63) is 52.7 Å². The van der Waals surface area contributed by atoms with E-state index in [4.69, 9.17) is 5.11 Å². The van der Waals surface area contributed by atoms with E-state index in [2.05, 4.69) is 12.6 Å². The van der Waals surface area contributed by atoms with Crippen LogP contribution in [0.15, 0.2) is 52.1 Å². The van der Waals surface area contributed by atoms with Crippen molar-refractivity contribution in [1.82, 2.24) is 0 Å². The average molecular weight is 238 g/mol. The van der Waals surface area contributed by atoms with E-state index in [1.165, 1.54) is 12.1 Å². The molecule has 0 saturated heterocycles. The summed E-state index contributed by atoms with van der Waals surface area (Å²) in [5.74, 6) is -0.909. The maximum Gasteiger partial charge on any atom is 0.335 e. The highest BCUT2D eigenvalue weighted by molar-refractivity contribution is 7.80. The normalized spacial score (nSPS) is 8.87.